The minimum Gasteiger partial charge on any atom is -0.493 e. The minimum absolute atomic E-state index is 0.255. The van der Waals surface area contributed by atoms with E-state index in [0.717, 1.165) is 43.2 Å². The zero-order valence-corrected chi connectivity index (χ0v) is 14.3. The van der Waals surface area contributed by atoms with Gasteiger partial charge in [-0.15, -0.1) is 11.3 Å². The highest BCUT2D eigenvalue weighted by Gasteiger charge is 2.23. The van der Waals surface area contributed by atoms with Gasteiger partial charge >= 0.3 is 0 Å². The van der Waals surface area contributed by atoms with Gasteiger partial charge in [0.2, 0.25) is 5.91 Å². The molecule has 0 aliphatic carbocycles. The number of amides is 1. The Hall–Kier alpha value is -1.81. The van der Waals surface area contributed by atoms with Crippen LogP contribution < -0.4 is 4.74 Å². The van der Waals surface area contributed by atoms with E-state index < -0.39 is 0 Å². The third-order valence-corrected chi connectivity index (χ3v) is 5.26. The standard InChI is InChI=1S/C19H23NO2S/c1-15-4-6-17(7-5-15)22-14-16-8-10-20(11-9-16)19(21)13-18-3-2-12-23-18/h2-7,12,16H,8-11,13-14H2,1H3. The molecule has 0 radical (unpaired) electrons. The van der Waals surface area contributed by atoms with E-state index in [4.69, 9.17) is 4.74 Å². The zero-order valence-electron chi connectivity index (χ0n) is 13.5. The normalized spacial score (nSPS) is 15.6. The van der Waals surface area contributed by atoms with E-state index in [1.54, 1.807) is 11.3 Å². The van der Waals surface area contributed by atoms with Crippen LogP contribution in [0.5, 0.6) is 5.75 Å². The molecule has 1 saturated heterocycles. The van der Waals surface area contributed by atoms with Crippen molar-refractivity contribution in [3.8, 4) is 5.75 Å². The predicted molar refractivity (Wildman–Crippen MR) is 94.0 cm³/mol. The van der Waals surface area contributed by atoms with Crippen LogP contribution in [-0.2, 0) is 11.2 Å². The number of likely N-dealkylation sites (tertiary alicyclic amines) is 1. The molecule has 1 fully saturated rings. The number of hydrogen-bond acceptors (Lipinski definition) is 3. The number of piperidine rings is 1. The van der Waals surface area contributed by atoms with Gasteiger partial charge in [0.25, 0.3) is 0 Å². The van der Waals surface area contributed by atoms with E-state index >= 15 is 0 Å². The van der Waals surface area contributed by atoms with Crippen LogP contribution in [0.1, 0.15) is 23.3 Å². The number of ether oxygens (including phenoxy) is 1. The molecule has 0 atom stereocenters. The van der Waals surface area contributed by atoms with Gasteiger partial charge in [-0.3, -0.25) is 4.79 Å². The summed E-state index contributed by atoms with van der Waals surface area (Å²) >= 11 is 1.66. The topological polar surface area (TPSA) is 29.5 Å². The lowest BCUT2D eigenvalue weighted by Crippen LogP contribution is -2.40. The number of aryl methyl sites for hydroxylation is 1. The maximum absolute atomic E-state index is 12.3. The second-order valence-electron chi connectivity index (χ2n) is 6.20. The first kappa shape index (κ1) is 16.1. The molecule has 1 aromatic carbocycles. The van der Waals surface area contributed by atoms with Crippen LogP contribution >= 0.6 is 11.3 Å². The SMILES string of the molecule is Cc1ccc(OCC2CCN(C(=O)Cc3cccs3)CC2)cc1. The van der Waals surface area contributed by atoms with Crippen LogP contribution in [0.15, 0.2) is 41.8 Å². The number of rotatable bonds is 5. The first-order valence-electron chi connectivity index (χ1n) is 8.20. The van der Waals surface area contributed by atoms with Gasteiger partial charge in [-0.2, -0.15) is 0 Å². The van der Waals surface area contributed by atoms with E-state index in [1.807, 2.05) is 34.5 Å². The molecular weight excluding hydrogens is 306 g/mol. The fourth-order valence-electron chi connectivity index (χ4n) is 2.87. The summed E-state index contributed by atoms with van der Waals surface area (Å²) in [5.41, 5.74) is 1.25. The zero-order chi connectivity index (χ0) is 16.1. The highest BCUT2D eigenvalue weighted by molar-refractivity contribution is 7.10. The highest BCUT2D eigenvalue weighted by Crippen LogP contribution is 2.21. The van der Waals surface area contributed by atoms with Crippen molar-refractivity contribution in [1.29, 1.82) is 0 Å². The molecule has 4 heteroatoms. The quantitative estimate of drug-likeness (QED) is 0.832. The average Bonchev–Trinajstić information content (AvgIpc) is 3.08. The molecule has 1 aliphatic rings. The van der Waals surface area contributed by atoms with Crippen LogP contribution in [0.25, 0.3) is 0 Å². The maximum atomic E-state index is 12.3. The van der Waals surface area contributed by atoms with Crippen LogP contribution in [0, 0.1) is 12.8 Å². The van der Waals surface area contributed by atoms with Crippen LogP contribution in [0.3, 0.4) is 0 Å². The molecule has 1 amide bonds. The molecule has 3 nitrogen and oxygen atoms in total. The molecule has 0 unspecified atom stereocenters. The van der Waals surface area contributed by atoms with Gasteiger partial charge in [-0.1, -0.05) is 23.8 Å². The van der Waals surface area contributed by atoms with Gasteiger partial charge in [-0.25, -0.2) is 0 Å². The second kappa shape index (κ2) is 7.64. The molecule has 0 bridgehead atoms. The van der Waals surface area contributed by atoms with Gasteiger partial charge in [-0.05, 0) is 49.3 Å². The largest absolute Gasteiger partial charge is 0.493 e. The molecule has 3 rings (SSSR count). The summed E-state index contributed by atoms with van der Waals surface area (Å²) in [7, 11) is 0. The smallest absolute Gasteiger partial charge is 0.227 e. The molecule has 1 aliphatic heterocycles. The first-order chi connectivity index (χ1) is 11.2. The number of benzene rings is 1. The third-order valence-electron chi connectivity index (χ3n) is 4.38. The minimum atomic E-state index is 0.255. The van der Waals surface area contributed by atoms with Gasteiger partial charge in [0, 0.05) is 18.0 Å². The highest BCUT2D eigenvalue weighted by atomic mass is 32.1. The lowest BCUT2D eigenvalue weighted by molar-refractivity contribution is -0.131. The fraction of sp³-hybridized carbons (Fsp3) is 0.421. The van der Waals surface area contributed by atoms with Crippen molar-refractivity contribution in [3.05, 3.63) is 52.2 Å². The molecule has 0 saturated carbocycles. The van der Waals surface area contributed by atoms with Crippen molar-refractivity contribution >= 4 is 17.2 Å². The van der Waals surface area contributed by atoms with E-state index in [9.17, 15) is 4.79 Å². The summed E-state index contributed by atoms with van der Waals surface area (Å²) in [6.07, 6.45) is 2.60. The van der Waals surface area contributed by atoms with E-state index in [1.165, 1.54) is 5.56 Å². The first-order valence-corrected chi connectivity index (χ1v) is 9.08. The molecule has 0 spiro atoms. The number of thiophene rings is 1. The predicted octanol–water partition coefficient (Wildman–Crippen LogP) is 3.92. The summed E-state index contributed by atoms with van der Waals surface area (Å²) in [6.45, 7) is 4.53. The Morgan fingerprint density at radius 2 is 1.96 bits per heavy atom. The third kappa shape index (κ3) is 4.58. The molecule has 1 aromatic heterocycles. The van der Waals surface area contributed by atoms with Crippen molar-refractivity contribution in [2.24, 2.45) is 5.92 Å². The second-order valence-corrected chi connectivity index (χ2v) is 7.24. The Balaban J connectivity index is 1.41. The van der Waals surface area contributed by atoms with Crippen molar-refractivity contribution in [3.63, 3.8) is 0 Å². The van der Waals surface area contributed by atoms with E-state index in [-0.39, 0.29) is 5.91 Å². The lowest BCUT2D eigenvalue weighted by atomic mass is 9.97. The molecular formula is C19H23NO2S. The molecule has 122 valence electrons. The average molecular weight is 329 g/mol. The van der Waals surface area contributed by atoms with Crippen molar-refractivity contribution in [2.45, 2.75) is 26.2 Å². The van der Waals surface area contributed by atoms with Crippen molar-refractivity contribution in [2.75, 3.05) is 19.7 Å². The van der Waals surface area contributed by atoms with Crippen LogP contribution in [0.4, 0.5) is 0 Å². The van der Waals surface area contributed by atoms with Crippen LogP contribution in [0.2, 0.25) is 0 Å². The van der Waals surface area contributed by atoms with Crippen molar-refractivity contribution < 1.29 is 9.53 Å². The molecule has 2 heterocycles. The summed E-state index contributed by atoms with van der Waals surface area (Å²) in [6, 6.07) is 12.2. The van der Waals surface area contributed by atoms with Gasteiger partial charge < -0.3 is 9.64 Å². The van der Waals surface area contributed by atoms with Gasteiger partial charge in [0.15, 0.2) is 0 Å². The Bertz CT molecular complexity index is 613. The van der Waals surface area contributed by atoms with E-state index in [2.05, 4.69) is 19.1 Å². The maximum Gasteiger partial charge on any atom is 0.227 e. The number of carbonyl (C=O) groups excluding carboxylic acids is 1. The Kier molecular flexibility index (Phi) is 5.34. The summed E-state index contributed by atoms with van der Waals surface area (Å²) in [5, 5.41) is 2.03. The van der Waals surface area contributed by atoms with Gasteiger partial charge in [0.1, 0.15) is 5.75 Å². The lowest BCUT2D eigenvalue weighted by Gasteiger charge is -2.32. The summed E-state index contributed by atoms with van der Waals surface area (Å²) in [5.74, 6) is 1.74. The Morgan fingerprint density at radius 3 is 2.61 bits per heavy atom. The van der Waals surface area contributed by atoms with Crippen LogP contribution in [-0.4, -0.2) is 30.5 Å². The molecule has 23 heavy (non-hydrogen) atoms. The molecule has 0 N–H and O–H groups in total. The van der Waals surface area contributed by atoms with Crippen molar-refractivity contribution in [1.82, 2.24) is 4.90 Å². The number of nitrogens with zero attached hydrogens (tertiary/aromatic N) is 1. The number of carbonyl (C=O) groups is 1. The Morgan fingerprint density at radius 1 is 1.22 bits per heavy atom. The molecule has 2 aromatic rings. The summed E-state index contributed by atoms with van der Waals surface area (Å²) < 4.78 is 5.88. The fourth-order valence-corrected chi connectivity index (χ4v) is 3.57. The monoisotopic (exact) mass is 329 g/mol. The van der Waals surface area contributed by atoms with Gasteiger partial charge in [0.05, 0.1) is 13.0 Å². The summed E-state index contributed by atoms with van der Waals surface area (Å²) in [4.78, 5) is 15.4. The number of hydrogen-bond donors (Lipinski definition) is 0. The Labute approximate surface area is 141 Å². The van der Waals surface area contributed by atoms with E-state index in [0.29, 0.717) is 12.3 Å².